The molecule has 1 aromatic carbocycles. The molecule has 1 aromatic heterocycles. The number of carbonyl (C=O) groups is 1. The van der Waals surface area contributed by atoms with Crippen LogP contribution >= 0.6 is 0 Å². The molecule has 0 radical (unpaired) electrons. The van der Waals surface area contributed by atoms with Crippen LogP contribution in [0.3, 0.4) is 0 Å². The molecule has 0 bridgehead atoms. The van der Waals surface area contributed by atoms with E-state index in [4.69, 9.17) is 0 Å². The van der Waals surface area contributed by atoms with Gasteiger partial charge in [-0.3, -0.25) is 9.69 Å². The molecule has 0 spiro atoms. The van der Waals surface area contributed by atoms with E-state index in [9.17, 15) is 4.79 Å². The van der Waals surface area contributed by atoms with Crippen molar-refractivity contribution in [2.24, 2.45) is 0 Å². The Balaban J connectivity index is 1.49. The molecule has 110 valence electrons. The minimum Gasteiger partial charge on any atom is -0.351 e. The highest BCUT2D eigenvalue weighted by atomic mass is 16.2. The predicted molar refractivity (Wildman–Crippen MR) is 80.6 cm³/mol. The van der Waals surface area contributed by atoms with Crippen molar-refractivity contribution >= 4 is 5.91 Å². The average molecular weight is 284 g/mol. The van der Waals surface area contributed by atoms with Crippen molar-refractivity contribution in [1.29, 1.82) is 0 Å². The quantitative estimate of drug-likeness (QED) is 0.892. The Bertz CT molecular complexity index is 635. The lowest BCUT2D eigenvalue weighted by Crippen LogP contribution is -2.39. The van der Waals surface area contributed by atoms with Crippen LogP contribution in [0.1, 0.15) is 22.5 Å². The number of aryl methyl sites for hydroxylation is 1. The second-order valence-electron chi connectivity index (χ2n) is 5.55. The van der Waals surface area contributed by atoms with Gasteiger partial charge in [-0.05, 0) is 12.5 Å². The number of aromatic amines is 1. The van der Waals surface area contributed by atoms with E-state index < -0.39 is 0 Å². The van der Waals surface area contributed by atoms with Crippen molar-refractivity contribution in [2.45, 2.75) is 26.4 Å². The zero-order valence-corrected chi connectivity index (χ0v) is 12.2. The topological polar surface area (TPSA) is 61.0 Å². The van der Waals surface area contributed by atoms with Gasteiger partial charge in [-0.2, -0.15) is 0 Å². The second-order valence-corrected chi connectivity index (χ2v) is 5.55. The summed E-state index contributed by atoms with van der Waals surface area (Å²) in [6, 6.07) is 8.20. The van der Waals surface area contributed by atoms with E-state index in [1.807, 2.05) is 12.1 Å². The fourth-order valence-corrected chi connectivity index (χ4v) is 2.69. The van der Waals surface area contributed by atoms with Gasteiger partial charge in [0.15, 0.2) is 0 Å². The number of nitrogens with zero attached hydrogens (tertiary/aromatic N) is 2. The molecule has 5 heteroatoms. The van der Waals surface area contributed by atoms with Gasteiger partial charge in [0, 0.05) is 26.1 Å². The van der Waals surface area contributed by atoms with Gasteiger partial charge in [-0.1, -0.05) is 29.8 Å². The van der Waals surface area contributed by atoms with E-state index in [1.54, 1.807) is 6.33 Å². The summed E-state index contributed by atoms with van der Waals surface area (Å²) in [5, 5.41) is 2.98. The Kier molecular flexibility index (Phi) is 4.01. The Morgan fingerprint density at radius 1 is 1.48 bits per heavy atom. The second kappa shape index (κ2) is 6.10. The highest BCUT2D eigenvalue weighted by Gasteiger charge is 2.19. The van der Waals surface area contributed by atoms with Gasteiger partial charge in [0.05, 0.1) is 24.3 Å². The van der Waals surface area contributed by atoms with Crippen molar-refractivity contribution in [2.75, 3.05) is 13.1 Å². The number of benzene rings is 1. The summed E-state index contributed by atoms with van der Waals surface area (Å²) < 4.78 is 0. The fraction of sp³-hybridized carbons (Fsp3) is 0.375. The van der Waals surface area contributed by atoms with Crippen LogP contribution in [0.5, 0.6) is 0 Å². The van der Waals surface area contributed by atoms with Crippen molar-refractivity contribution in [3.63, 3.8) is 0 Å². The van der Waals surface area contributed by atoms with Crippen molar-refractivity contribution < 1.29 is 4.79 Å². The normalized spacial score (nSPS) is 14.7. The van der Waals surface area contributed by atoms with E-state index in [1.165, 1.54) is 5.56 Å². The summed E-state index contributed by atoms with van der Waals surface area (Å²) in [6.07, 6.45) is 2.63. The molecular formula is C16H20N4O. The Morgan fingerprint density at radius 2 is 2.38 bits per heavy atom. The molecule has 2 aromatic rings. The Labute approximate surface area is 124 Å². The standard InChI is InChI=1S/C16H20N4O/c1-12-3-2-4-13(7-12)8-17-16(21)10-20-6-5-14-15(9-20)19-11-18-14/h2-4,7,11H,5-6,8-10H2,1H3,(H,17,21)(H,18,19). The first-order valence-electron chi connectivity index (χ1n) is 7.26. The number of H-pyrrole nitrogens is 1. The number of hydrogen-bond donors (Lipinski definition) is 2. The van der Waals surface area contributed by atoms with Gasteiger partial charge in [-0.15, -0.1) is 0 Å². The molecule has 0 saturated heterocycles. The fourth-order valence-electron chi connectivity index (χ4n) is 2.69. The molecule has 0 saturated carbocycles. The van der Waals surface area contributed by atoms with E-state index in [0.29, 0.717) is 13.1 Å². The summed E-state index contributed by atoms with van der Waals surface area (Å²) in [5.74, 6) is 0.0690. The molecule has 1 amide bonds. The number of fused-ring (bicyclic) bond motifs is 1. The molecule has 1 aliphatic heterocycles. The lowest BCUT2D eigenvalue weighted by Gasteiger charge is -2.25. The van der Waals surface area contributed by atoms with Crippen LogP contribution in [0, 0.1) is 6.92 Å². The summed E-state index contributed by atoms with van der Waals surface area (Å²) in [5.41, 5.74) is 4.61. The molecule has 1 aliphatic rings. The van der Waals surface area contributed by atoms with Crippen LogP contribution in [-0.4, -0.2) is 33.9 Å². The zero-order valence-electron chi connectivity index (χ0n) is 12.2. The van der Waals surface area contributed by atoms with Gasteiger partial charge in [0.25, 0.3) is 0 Å². The van der Waals surface area contributed by atoms with Crippen molar-refractivity contribution in [3.8, 4) is 0 Å². The zero-order chi connectivity index (χ0) is 14.7. The minimum absolute atomic E-state index is 0.0690. The van der Waals surface area contributed by atoms with Gasteiger partial charge in [0.2, 0.25) is 5.91 Å². The first kappa shape index (κ1) is 13.8. The van der Waals surface area contributed by atoms with Crippen LogP contribution in [0.4, 0.5) is 0 Å². The lowest BCUT2D eigenvalue weighted by atomic mass is 10.1. The minimum atomic E-state index is 0.0690. The van der Waals surface area contributed by atoms with E-state index in [2.05, 4.69) is 39.2 Å². The van der Waals surface area contributed by atoms with Gasteiger partial charge in [0.1, 0.15) is 0 Å². The first-order chi connectivity index (χ1) is 10.2. The number of imidazole rings is 1. The highest BCUT2D eigenvalue weighted by Crippen LogP contribution is 2.14. The molecule has 2 N–H and O–H groups in total. The molecule has 0 aliphatic carbocycles. The molecule has 0 atom stereocenters. The van der Waals surface area contributed by atoms with Crippen LogP contribution in [0.2, 0.25) is 0 Å². The number of amides is 1. The maximum Gasteiger partial charge on any atom is 0.234 e. The number of hydrogen-bond acceptors (Lipinski definition) is 3. The molecule has 5 nitrogen and oxygen atoms in total. The van der Waals surface area contributed by atoms with Crippen LogP contribution in [0.15, 0.2) is 30.6 Å². The monoisotopic (exact) mass is 284 g/mol. The van der Waals surface area contributed by atoms with Gasteiger partial charge < -0.3 is 10.3 Å². The molecule has 0 fully saturated rings. The number of carbonyl (C=O) groups excluding carboxylic acids is 1. The molecule has 21 heavy (non-hydrogen) atoms. The first-order valence-corrected chi connectivity index (χ1v) is 7.26. The number of aromatic nitrogens is 2. The third-order valence-electron chi connectivity index (χ3n) is 3.79. The predicted octanol–water partition coefficient (Wildman–Crippen LogP) is 1.39. The van der Waals surface area contributed by atoms with Gasteiger partial charge in [-0.25, -0.2) is 4.98 Å². The summed E-state index contributed by atoms with van der Waals surface area (Å²) in [4.78, 5) is 21.6. The van der Waals surface area contributed by atoms with Crippen LogP contribution in [-0.2, 0) is 24.3 Å². The maximum absolute atomic E-state index is 12.0. The van der Waals surface area contributed by atoms with Crippen LogP contribution in [0.25, 0.3) is 0 Å². The summed E-state index contributed by atoms with van der Waals surface area (Å²) in [6.45, 7) is 4.73. The Hall–Kier alpha value is -2.14. The van der Waals surface area contributed by atoms with Crippen molar-refractivity contribution in [3.05, 3.63) is 53.1 Å². The Morgan fingerprint density at radius 3 is 3.24 bits per heavy atom. The van der Waals surface area contributed by atoms with Crippen LogP contribution < -0.4 is 5.32 Å². The van der Waals surface area contributed by atoms with E-state index in [-0.39, 0.29) is 5.91 Å². The number of nitrogens with one attached hydrogen (secondary N) is 2. The third-order valence-corrected chi connectivity index (χ3v) is 3.79. The molecule has 3 rings (SSSR count). The van der Waals surface area contributed by atoms with E-state index >= 15 is 0 Å². The largest absolute Gasteiger partial charge is 0.351 e. The van der Waals surface area contributed by atoms with Gasteiger partial charge >= 0.3 is 0 Å². The third kappa shape index (κ3) is 3.49. The molecule has 0 unspecified atom stereocenters. The summed E-state index contributed by atoms with van der Waals surface area (Å²) in [7, 11) is 0. The SMILES string of the molecule is Cc1cccc(CNC(=O)CN2CCc3nc[nH]c3C2)c1. The van der Waals surface area contributed by atoms with E-state index in [0.717, 1.165) is 36.5 Å². The lowest BCUT2D eigenvalue weighted by molar-refractivity contribution is -0.122. The average Bonchev–Trinajstić information content (AvgIpc) is 2.93. The molecular weight excluding hydrogens is 264 g/mol. The highest BCUT2D eigenvalue weighted by molar-refractivity contribution is 5.78. The maximum atomic E-state index is 12.0. The number of rotatable bonds is 4. The van der Waals surface area contributed by atoms with Crippen molar-refractivity contribution in [1.82, 2.24) is 20.2 Å². The molecule has 2 heterocycles. The smallest absolute Gasteiger partial charge is 0.234 e. The summed E-state index contributed by atoms with van der Waals surface area (Å²) >= 11 is 0.